The average Bonchev–Trinajstić information content (AvgIpc) is 2.60. The molecule has 0 bridgehead atoms. The van der Waals surface area contributed by atoms with Gasteiger partial charge >= 0.3 is 0 Å². The number of benzene rings is 1. The van der Waals surface area contributed by atoms with E-state index in [0.717, 1.165) is 25.2 Å². The molecule has 1 aromatic carbocycles. The smallest absolute Gasteiger partial charge is 0.244 e. The number of hydrogen-bond donors (Lipinski definition) is 2. The molecule has 1 heterocycles. The molecule has 2 rings (SSSR count). The minimum Gasteiger partial charge on any atom is -0.373 e. The van der Waals surface area contributed by atoms with Crippen LogP contribution in [0.1, 0.15) is 26.3 Å². The number of nitrogens with zero attached hydrogens (tertiary/aromatic N) is 1. The second kappa shape index (κ2) is 10.1. The van der Waals surface area contributed by atoms with Gasteiger partial charge in [0.2, 0.25) is 11.8 Å². The zero-order valence-electron chi connectivity index (χ0n) is 15.8. The quantitative estimate of drug-likeness (QED) is 0.723. The molecule has 1 aliphatic heterocycles. The Bertz CT molecular complexity index is 608. The molecule has 1 fully saturated rings. The van der Waals surface area contributed by atoms with Gasteiger partial charge in [0.05, 0.1) is 12.2 Å². The fourth-order valence-corrected chi connectivity index (χ4v) is 3.02. The van der Waals surface area contributed by atoms with Crippen LogP contribution in [0.25, 0.3) is 6.08 Å². The van der Waals surface area contributed by atoms with Crippen LogP contribution in [-0.4, -0.2) is 61.1 Å². The monoisotopic (exact) mass is 359 g/mol. The Morgan fingerprint density at radius 3 is 2.54 bits per heavy atom. The van der Waals surface area contributed by atoms with E-state index in [1.807, 2.05) is 30.3 Å². The summed E-state index contributed by atoms with van der Waals surface area (Å²) in [6.07, 6.45) is 3.59. The highest BCUT2D eigenvalue weighted by atomic mass is 16.5. The van der Waals surface area contributed by atoms with Crippen LogP contribution in [0.4, 0.5) is 0 Å². The predicted octanol–water partition coefficient (Wildman–Crippen LogP) is 1.43. The Morgan fingerprint density at radius 1 is 1.23 bits per heavy atom. The van der Waals surface area contributed by atoms with Crippen molar-refractivity contribution in [2.24, 2.45) is 0 Å². The lowest BCUT2D eigenvalue weighted by Crippen LogP contribution is -2.50. The van der Waals surface area contributed by atoms with Crippen LogP contribution < -0.4 is 10.6 Å². The van der Waals surface area contributed by atoms with Gasteiger partial charge < -0.3 is 15.4 Å². The molecule has 2 N–H and O–H groups in total. The third-order valence-electron chi connectivity index (χ3n) is 4.20. The number of hydrogen-bond acceptors (Lipinski definition) is 4. The van der Waals surface area contributed by atoms with Crippen LogP contribution in [-0.2, 0) is 14.3 Å². The van der Waals surface area contributed by atoms with Crippen molar-refractivity contribution in [1.29, 1.82) is 0 Å². The maximum Gasteiger partial charge on any atom is 0.244 e. The van der Waals surface area contributed by atoms with Crippen LogP contribution in [0.2, 0.25) is 0 Å². The highest BCUT2D eigenvalue weighted by molar-refractivity contribution is 5.95. The molecule has 3 unspecified atom stereocenters. The zero-order chi connectivity index (χ0) is 18.9. The minimum absolute atomic E-state index is 0.180. The summed E-state index contributed by atoms with van der Waals surface area (Å²) in [6, 6.07) is 8.97. The number of morpholine rings is 1. The van der Waals surface area contributed by atoms with Crippen molar-refractivity contribution in [3.63, 3.8) is 0 Å². The Labute approximate surface area is 155 Å². The molecule has 1 aliphatic rings. The summed E-state index contributed by atoms with van der Waals surface area (Å²) < 4.78 is 5.70. The average molecular weight is 359 g/mol. The molecule has 0 aromatic heterocycles. The molecule has 6 nitrogen and oxygen atoms in total. The lowest BCUT2D eigenvalue weighted by Gasteiger charge is -2.35. The summed E-state index contributed by atoms with van der Waals surface area (Å²) in [6.45, 7) is 8.87. The van der Waals surface area contributed by atoms with Gasteiger partial charge in [-0.1, -0.05) is 30.3 Å². The van der Waals surface area contributed by atoms with Gasteiger partial charge in [-0.15, -0.1) is 0 Å². The van der Waals surface area contributed by atoms with Crippen molar-refractivity contribution in [1.82, 2.24) is 15.5 Å². The number of carbonyl (C=O) groups is 2. The van der Waals surface area contributed by atoms with Gasteiger partial charge in [0.25, 0.3) is 0 Å². The molecular formula is C20H29N3O3. The number of carbonyl (C=O) groups excluding carboxylic acids is 2. The van der Waals surface area contributed by atoms with Crippen molar-refractivity contribution < 1.29 is 14.3 Å². The summed E-state index contributed by atoms with van der Waals surface area (Å²) in [4.78, 5) is 26.3. The van der Waals surface area contributed by atoms with E-state index in [4.69, 9.17) is 4.74 Å². The predicted molar refractivity (Wildman–Crippen MR) is 103 cm³/mol. The molecule has 3 atom stereocenters. The molecule has 0 saturated carbocycles. The standard InChI is InChI=1S/C20H29N3O3/c1-15-13-23(14-16(2)26-15)12-11-21-20(25)17(3)22-19(24)10-9-18-7-5-4-6-8-18/h4-10,15-17H,11-14H2,1-3H3,(H,21,25)(H,22,24)/b10-9+. The SMILES string of the molecule is CC1CN(CCNC(=O)C(C)NC(=O)/C=C/c2ccccc2)CC(C)O1. The number of rotatable bonds is 7. The molecule has 2 amide bonds. The van der Waals surface area contributed by atoms with E-state index >= 15 is 0 Å². The third-order valence-corrected chi connectivity index (χ3v) is 4.20. The highest BCUT2D eigenvalue weighted by Gasteiger charge is 2.22. The molecule has 1 saturated heterocycles. The van der Waals surface area contributed by atoms with Gasteiger partial charge in [-0.25, -0.2) is 0 Å². The molecule has 26 heavy (non-hydrogen) atoms. The van der Waals surface area contributed by atoms with Gasteiger partial charge in [-0.3, -0.25) is 14.5 Å². The lowest BCUT2D eigenvalue weighted by molar-refractivity contribution is -0.126. The minimum atomic E-state index is -0.578. The Kier molecular flexibility index (Phi) is 7.81. The maximum absolute atomic E-state index is 12.1. The molecular weight excluding hydrogens is 330 g/mol. The number of nitrogens with one attached hydrogen (secondary N) is 2. The Balaban J connectivity index is 1.68. The summed E-state index contributed by atoms with van der Waals surface area (Å²) in [5, 5.41) is 5.56. The summed E-state index contributed by atoms with van der Waals surface area (Å²) in [5.74, 6) is -0.465. The molecule has 0 radical (unpaired) electrons. The third kappa shape index (κ3) is 6.98. The molecule has 6 heteroatoms. The first-order valence-electron chi connectivity index (χ1n) is 9.13. The normalized spacial score (nSPS) is 22.1. The van der Waals surface area contributed by atoms with Gasteiger partial charge in [-0.2, -0.15) is 0 Å². The van der Waals surface area contributed by atoms with Crippen molar-refractivity contribution in [2.45, 2.75) is 39.0 Å². The Morgan fingerprint density at radius 2 is 1.88 bits per heavy atom. The van der Waals surface area contributed by atoms with E-state index in [1.54, 1.807) is 13.0 Å². The largest absolute Gasteiger partial charge is 0.373 e. The lowest BCUT2D eigenvalue weighted by atomic mass is 10.2. The van der Waals surface area contributed by atoms with Crippen LogP contribution in [0.5, 0.6) is 0 Å². The first-order valence-corrected chi connectivity index (χ1v) is 9.13. The summed E-state index contributed by atoms with van der Waals surface area (Å²) >= 11 is 0. The van der Waals surface area contributed by atoms with Crippen LogP contribution >= 0.6 is 0 Å². The number of ether oxygens (including phenoxy) is 1. The second-order valence-corrected chi connectivity index (χ2v) is 6.78. The Hall–Kier alpha value is -2.18. The van der Waals surface area contributed by atoms with E-state index in [9.17, 15) is 9.59 Å². The van der Waals surface area contributed by atoms with E-state index in [1.165, 1.54) is 6.08 Å². The fourth-order valence-electron chi connectivity index (χ4n) is 3.02. The second-order valence-electron chi connectivity index (χ2n) is 6.78. The van der Waals surface area contributed by atoms with Crippen LogP contribution in [0.15, 0.2) is 36.4 Å². The molecule has 142 valence electrons. The van der Waals surface area contributed by atoms with E-state index in [-0.39, 0.29) is 24.0 Å². The first-order chi connectivity index (χ1) is 12.4. The summed E-state index contributed by atoms with van der Waals surface area (Å²) in [5.41, 5.74) is 0.939. The van der Waals surface area contributed by atoms with Gasteiger partial charge in [0.15, 0.2) is 0 Å². The van der Waals surface area contributed by atoms with Crippen molar-refractivity contribution in [3.8, 4) is 0 Å². The fraction of sp³-hybridized carbons (Fsp3) is 0.500. The zero-order valence-corrected chi connectivity index (χ0v) is 15.8. The maximum atomic E-state index is 12.1. The van der Waals surface area contributed by atoms with Crippen LogP contribution in [0, 0.1) is 0 Å². The van der Waals surface area contributed by atoms with Crippen molar-refractivity contribution in [2.75, 3.05) is 26.2 Å². The van der Waals surface area contributed by atoms with E-state index in [0.29, 0.717) is 6.54 Å². The van der Waals surface area contributed by atoms with Crippen molar-refractivity contribution >= 4 is 17.9 Å². The molecule has 0 spiro atoms. The van der Waals surface area contributed by atoms with Crippen LogP contribution in [0.3, 0.4) is 0 Å². The van der Waals surface area contributed by atoms with Gasteiger partial charge in [0.1, 0.15) is 6.04 Å². The topological polar surface area (TPSA) is 70.7 Å². The number of amides is 2. The van der Waals surface area contributed by atoms with Gasteiger partial charge in [0, 0.05) is 32.3 Å². The van der Waals surface area contributed by atoms with Crippen molar-refractivity contribution in [3.05, 3.63) is 42.0 Å². The summed E-state index contributed by atoms with van der Waals surface area (Å²) in [7, 11) is 0. The first kappa shape index (κ1) is 20.1. The van der Waals surface area contributed by atoms with Gasteiger partial charge in [-0.05, 0) is 32.4 Å². The highest BCUT2D eigenvalue weighted by Crippen LogP contribution is 2.09. The van der Waals surface area contributed by atoms with E-state index < -0.39 is 6.04 Å². The molecule has 0 aliphatic carbocycles. The molecule has 1 aromatic rings. The van der Waals surface area contributed by atoms with E-state index in [2.05, 4.69) is 29.4 Å².